The Bertz CT molecular complexity index is 340. The first-order valence-corrected chi connectivity index (χ1v) is 10.2. The molecule has 0 spiro atoms. The minimum atomic E-state index is -4.90. The number of amides is 1. The van der Waals surface area contributed by atoms with Crippen LogP contribution >= 0.6 is 0 Å². The monoisotopic (exact) mass is 313 g/mol. The molecule has 0 rings (SSSR count). The average Bonchev–Trinajstić information content (AvgIpc) is 2.23. The predicted molar refractivity (Wildman–Crippen MR) is 72.0 cm³/mol. The van der Waals surface area contributed by atoms with E-state index in [1.165, 1.54) is 6.92 Å². The molecule has 0 saturated heterocycles. The molecule has 0 unspecified atom stereocenters. The maximum absolute atomic E-state index is 12.0. The molecule has 1 atom stereocenters. The summed E-state index contributed by atoms with van der Waals surface area (Å²) in [6.45, 7) is 8.21. The standard InChI is InChI=1S/C12H22F3NO3Si/c1-9(16-11(18)12(13,14)15)5-6-10(17)19-7-8-20(2,3)4/h9H,5-8H2,1-4H3,(H,16,18)/t9-/m0/s1. The van der Waals surface area contributed by atoms with E-state index < -0.39 is 32.2 Å². The maximum atomic E-state index is 12.0. The van der Waals surface area contributed by atoms with E-state index in [9.17, 15) is 22.8 Å². The van der Waals surface area contributed by atoms with E-state index in [0.29, 0.717) is 6.61 Å². The molecule has 0 fully saturated rings. The van der Waals surface area contributed by atoms with Gasteiger partial charge in [0.25, 0.3) is 0 Å². The third-order valence-electron chi connectivity index (χ3n) is 2.53. The number of esters is 1. The fourth-order valence-corrected chi connectivity index (χ4v) is 1.97. The van der Waals surface area contributed by atoms with Gasteiger partial charge in [0.1, 0.15) is 0 Å². The molecule has 4 nitrogen and oxygen atoms in total. The summed E-state index contributed by atoms with van der Waals surface area (Å²) in [7, 11) is -1.27. The highest BCUT2D eigenvalue weighted by Crippen LogP contribution is 2.15. The number of carbonyl (C=O) groups is 2. The summed E-state index contributed by atoms with van der Waals surface area (Å²) in [4.78, 5) is 22.0. The Morgan fingerprint density at radius 2 is 1.80 bits per heavy atom. The van der Waals surface area contributed by atoms with Crippen LogP contribution in [0.4, 0.5) is 13.2 Å². The summed E-state index contributed by atoms with van der Waals surface area (Å²) in [6, 6.07) is 0.118. The Balaban J connectivity index is 3.87. The van der Waals surface area contributed by atoms with Crippen LogP contribution in [0.1, 0.15) is 19.8 Å². The second kappa shape index (κ2) is 7.66. The fourth-order valence-electron chi connectivity index (χ4n) is 1.26. The van der Waals surface area contributed by atoms with E-state index in [1.807, 2.05) is 0 Å². The molecule has 0 aliphatic carbocycles. The van der Waals surface area contributed by atoms with E-state index in [-0.39, 0.29) is 12.8 Å². The molecular weight excluding hydrogens is 291 g/mol. The lowest BCUT2D eigenvalue weighted by atomic mass is 10.2. The van der Waals surface area contributed by atoms with Crippen molar-refractivity contribution in [2.24, 2.45) is 0 Å². The minimum absolute atomic E-state index is 0.00893. The SMILES string of the molecule is C[C@@H](CCC(=O)OCC[Si](C)(C)C)NC(=O)C(F)(F)F. The summed E-state index contributed by atoms with van der Waals surface area (Å²) in [5.74, 6) is -2.44. The lowest BCUT2D eigenvalue weighted by Gasteiger charge is -2.16. The Hall–Kier alpha value is -1.05. The van der Waals surface area contributed by atoms with Crippen LogP contribution in [-0.4, -0.2) is 38.8 Å². The molecule has 8 heteroatoms. The van der Waals surface area contributed by atoms with Gasteiger partial charge in [-0.2, -0.15) is 13.2 Å². The van der Waals surface area contributed by atoms with Gasteiger partial charge < -0.3 is 10.1 Å². The molecule has 0 aromatic carbocycles. The molecule has 0 heterocycles. The molecule has 0 aliphatic rings. The molecule has 0 aliphatic heterocycles. The van der Waals surface area contributed by atoms with Crippen molar-refractivity contribution in [1.82, 2.24) is 5.32 Å². The van der Waals surface area contributed by atoms with Crippen molar-refractivity contribution in [2.75, 3.05) is 6.61 Å². The summed E-state index contributed by atoms with van der Waals surface area (Å²) in [6.07, 6.45) is -4.79. The van der Waals surface area contributed by atoms with Crippen LogP contribution in [0, 0.1) is 0 Å². The lowest BCUT2D eigenvalue weighted by molar-refractivity contribution is -0.174. The van der Waals surface area contributed by atoms with Gasteiger partial charge in [0.05, 0.1) is 6.61 Å². The number of alkyl halides is 3. The number of hydrogen-bond acceptors (Lipinski definition) is 3. The zero-order chi connectivity index (χ0) is 16.0. The highest BCUT2D eigenvalue weighted by atomic mass is 28.3. The van der Waals surface area contributed by atoms with Gasteiger partial charge >= 0.3 is 18.1 Å². The second-order valence-corrected chi connectivity index (χ2v) is 11.6. The summed E-state index contributed by atoms with van der Waals surface area (Å²) in [5.41, 5.74) is 0. The predicted octanol–water partition coefficient (Wildman–Crippen LogP) is 2.72. The highest BCUT2D eigenvalue weighted by molar-refractivity contribution is 6.76. The lowest BCUT2D eigenvalue weighted by Crippen LogP contribution is -2.42. The number of hydrogen-bond donors (Lipinski definition) is 1. The normalized spacial score (nSPS) is 13.8. The molecule has 118 valence electrons. The second-order valence-electron chi connectivity index (χ2n) is 5.94. The van der Waals surface area contributed by atoms with Crippen molar-refractivity contribution in [1.29, 1.82) is 0 Å². The van der Waals surface area contributed by atoms with Gasteiger partial charge in [0, 0.05) is 20.5 Å². The highest BCUT2D eigenvalue weighted by Gasteiger charge is 2.39. The summed E-state index contributed by atoms with van der Waals surface area (Å²) < 4.78 is 41.0. The molecule has 0 radical (unpaired) electrons. The number of halogens is 3. The van der Waals surface area contributed by atoms with Crippen molar-refractivity contribution >= 4 is 20.0 Å². The van der Waals surface area contributed by atoms with Gasteiger partial charge in [-0.25, -0.2) is 0 Å². The van der Waals surface area contributed by atoms with E-state index >= 15 is 0 Å². The van der Waals surface area contributed by atoms with Crippen molar-refractivity contribution < 1.29 is 27.5 Å². The van der Waals surface area contributed by atoms with Crippen LogP contribution in [0.2, 0.25) is 25.7 Å². The Morgan fingerprint density at radius 1 is 1.25 bits per heavy atom. The van der Waals surface area contributed by atoms with Gasteiger partial charge in [-0.1, -0.05) is 19.6 Å². The third-order valence-corrected chi connectivity index (χ3v) is 4.24. The van der Waals surface area contributed by atoms with E-state index in [1.54, 1.807) is 5.32 Å². The topological polar surface area (TPSA) is 55.4 Å². The number of ether oxygens (including phenoxy) is 1. The van der Waals surface area contributed by atoms with Gasteiger partial charge in [0.2, 0.25) is 0 Å². The van der Waals surface area contributed by atoms with Crippen LogP contribution < -0.4 is 5.32 Å². The fraction of sp³-hybridized carbons (Fsp3) is 0.833. The van der Waals surface area contributed by atoms with Gasteiger partial charge in [-0.3, -0.25) is 9.59 Å². The first-order chi connectivity index (χ1) is 8.92. The van der Waals surface area contributed by atoms with Gasteiger partial charge in [-0.15, -0.1) is 0 Å². The third kappa shape index (κ3) is 9.82. The largest absolute Gasteiger partial charge is 0.471 e. The molecule has 20 heavy (non-hydrogen) atoms. The zero-order valence-corrected chi connectivity index (χ0v) is 13.3. The molecule has 0 aromatic rings. The molecule has 0 bridgehead atoms. The van der Waals surface area contributed by atoms with Crippen LogP contribution in [-0.2, 0) is 14.3 Å². The van der Waals surface area contributed by atoms with Crippen LogP contribution in [0.3, 0.4) is 0 Å². The quantitative estimate of drug-likeness (QED) is 0.581. The number of nitrogens with one attached hydrogen (secondary N) is 1. The van der Waals surface area contributed by atoms with Gasteiger partial charge in [-0.05, 0) is 19.4 Å². The smallest absolute Gasteiger partial charge is 0.466 e. The average molecular weight is 313 g/mol. The first kappa shape index (κ1) is 18.9. The molecule has 1 amide bonds. The van der Waals surface area contributed by atoms with Gasteiger partial charge in [0.15, 0.2) is 0 Å². The van der Waals surface area contributed by atoms with Crippen LogP contribution in [0.5, 0.6) is 0 Å². The molecular formula is C12H22F3NO3Si. The molecule has 1 N–H and O–H groups in total. The van der Waals surface area contributed by atoms with Crippen LogP contribution in [0.25, 0.3) is 0 Å². The molecule has 0 aromatic heterocycles. The van der Waals surface area contributed by atoms with Crippen molar-refractivity contribution in [3.8, 4) is 0 Å². The van der Waals surface area contributed by atoms with Crippen molar-refractivity contribution in [3.05, 3.63) is 0 Å². The number of carbonyl (C=O) groups excluding carboxylic acids is 2. The zero-order valence-electron chi connectivity index (χ0n) is 12.3. The molecule has 0 saturated carbocycles. The Kier molecular flexibility index (Phi) is 7.25. The summed E-state index contributed by atoms with van der Waals surface area (Å²) >= 11 is 0. The Labute approximate surface area is 118 Å². The van der Waals surface area contributed by atoms with Crippen molar-refractivity contribution in [2.45, 2.75) is 57.7 Å². The van der Waals surface area contributed by atoms with Crippen LogP contribution in [0.15, 0.2) is 0 Å². The number of rotatable bonds is 7. The first-order valence-electron chi connectivity index (χ1n) is 6.45. The summed E-state index contributed by atoms with van der Waals surface area (Å²) in [5, 5.41) is 1.79. The van der Waals surface area contributed by atoms with Crippen molar-refractivity contribution in [3.63, 3.8) is 0 Å². The van der Waals surface area contributed by atoms with E-state index in [0.717, 1.165) is 6.04 Å². The minimum Gasteiger partial charge on any atom is -0.466 e. The van der Waals surface area contributed by atoms with E-state index in [2.05, 4.69) is 19.6 Å². The maximum Gasteiger partial charge on any atom is 0.471 e. The Morgan fingerprint density at radius 3 is 2.25 bits per heavy atom. The van der Waals surface area contributed by atoms with E-state index in [4.69, 9.17) is 4.74 Å².